The Labute approximate surface area is 200 Å². The summed E-state index contributed by atoms with van der Waals surface area (Å²) in [6.07, 6.45) is 9.92. The molecule has 2 aromatic carbocycles. The number of aromatic hydroxyl groups is 2. The summed E-state index contributed by atoms with van der Waals surface area (Å²) in [5, 5.41) is 20.1. The summed E-state index contributed by atoms with van der Waals surface area (Å²) in [6, 6.07) is 6.83. The van der Waals surface area contributed by atoms with Gasteiger partial charge in [0.1, 0.15) is 0 Å². The molecule has 0 amide bonds. The van der Waals surface area contributed by atoms with Crippen LogP contribution in [0.15, 0.2) is 36.4 Å². The maximum atomic E-state index is 13.4. The molecule has 1 aliphatic carbocycles. The Morgan fingerprint density at radius 3 is 1.56 bits per heavy atom. The molecule has 0 bridgehead atoms. The molecule has 1 saturated carbocycles. The number of benzene rings is 2. The van der Waals surface area contributed by atoms with Crippen molar-refractivity contribution in [2.24, 2.45) is 5.41 Å². The van der Waals surface area contributed by atoms with Crippen LogP contribution in [-0.2, 0) is 9.59 Å². The highest BCUT2D eigenvalue weighted by atomic mass is 16.5. The third-order valence-electron chi connectivity index (χ3n) is 6.52. The molecule has 0 saturated heterocycles. The molecule has 0 aromatic heterocycles. The second-order valence-corrected chi connectivity index (χ2v) is 8.82. The van der Waals surface area contributed by atoms with Crippen LogP contribution < -0.4 is 9.47 Å². The van der Waals surface area contributed by atoms with E-state index in [1.807, 2.05) is 0 Å². The zero-order chi connectivity index (χ0) is 24.9. The third kappa shape index (κ3) is 5.16. The molecule has 1 fully saturated rings. The normalized spacial score (nSPS) is 15.5. The molecule has 2 N–H and O–H groups in total. The molecule has 34 heavy (non-hydrogen) atoms. The Morgan fingerprint density at radius 1 is 0.765 bits per heavy atom. The van der Waals surface area contributed by atoms with E-state index in [2.05, 4.69) is 0 Å². The van der Waals surface area contributed by atoms with Crippen molar-refractivity contribution in [1.29, 1.82) is 0 Å². The van der Waals surface area contributed by atoms with Gasteiger partial charge in [-0.3, -0.25) is 9.59 Å². The van der Waals surface area contributed by atoms with Crippen LogP contribution in [0, 0.1) is 19.3 Å². The number of rotatable bonds is 8. The molecule has 3 rings (SSSR count). The second kappa shape index (κ2) is 10.6. The maximum absolute atomic E-state index is 13.4. The Kier molecular flexibility index (Phi) is 7.82. The standard InChI is InChI=1S/C28H32O6/c1-18-14-20(16-22(33-3)26(18)31)8-10-24(29)28(12-6-5-7-13-28)25(30)11-9-21-15-19(2)27(32)23(17-21)34-4/h8-11,14-17,31-32H,5-7,12-13H2,1-4H3/b10-8+,11-9+. The molecule has 0 unspecified atom stereocenters. The van der Waals surface area contributed by atoms with E-state index in [1.54, 1.807) is 50.3 Å². The van der Waals surface area contributed by atoms with Gasteiger partial charge in [-0.2, -0.15) is 0 Å². The first-order valence-electron chi connectivity index (χ1n) is 11.4. The number of carbonyl (C=O) groups is 2. The smallest absolute Gasteiger partial charge is 0.169 e. The summed E-state index contributed by atoms with van der Waals surface area (Å²) < 4.78 is 10.4. The van der Waals surface area contributed by atoms with Gasteiger partial charge in [0.2, 0.25) is 0 Å². The summed E-state index contributed by atoms with van der Waals surface area (Å²) in [7, 11) is 2.95. The molecule has 1 aliphatic rings. The van der Waals surface area contributed by atoms with Crippen LogP contribution in [0.3, 0.4) is 0 Å². The summed E-state index contributed by atoms with van der Waals surface area (Å²) in [4.78, 5) is 26.8. The Balaban J connectivity index is 1.88. The monoisotopic (exact) mass is 464 g/mol. The molecule has 0 radical (unpaired) electrons. The van der Waals surface area contributed by atoms with Gasteiger partial charge >= 0.3 is 0 Å². The number of phenolic OH excluding ortho intramolecular Hbond substituents is 2. The van der Waals surface area contributed by atoms with Gasteiger partial charge < -0.3 is 19.7 Å². The van der Waals surface area contributed by atoms with Crippen LogP contribution in [0.2, 0.25) is 0 Å². The zero-order valence-electron chi connectivity index (χ0n) is 20.2. The fraction of sp³-hybridized carbons (Fsp3) is 0.357. The van der Waals surface area contributed by atoms with Crippen molar-refractivity contribution in [1.82, 2.24) is 0 Å². The number of allylic oxidation sites excluding steroid dienone is 2. The molecule has 0 heterocycles. The number of methoxy groups -OCH3 is 2. The number of aryl methyl sites for hydroxylation is 2. The number of ketones is 2. The van der Waals surface area contributed by atoms with Crippen molar-refractivity contribution >= 4 is 23.7 Å². The largest absolute Gasteiger partial charge is 0.504 e. The van der Waals surface area contributed by atoms with Crippen LogP contribution in [0.1, 0.15) is 54.4 Å². The first kappa shape index (κ1) is 25.1. The predicted octanol–water partition coefficient (Wildman–Crippen LogP) is 5.55. The average molecular weight is 465 g/mol. The predicted molar refractivity (Wildman–Crippen MR) is 132 cm³/mol. The van der Waals surface area contributed by atoms with Crippen LogP contribution in [0.25, 0.3) is 12.2 Å². The van der Waals surface area contributed by atoms with E-state index in [9.17, 15) is 19.8 Å². The van der Waals surface area contributed by atoms with E-state index in [4.69, 9.17) is 9.47 Å². The van der Waals surface area contributed by atoms with Gasteiger partial charge in [0, 0.05) is 0 Å². The van der Waals surface area contributed by atoms with Crippen molar-refractivity contribution in [2.45, 2.75) is 46.0 Å². The Bertz CT molecular complexity index is 1050. The summed E-state index contributed by atoms with van der Waals surface area (Å²) in [6.45, 7) is 3.52. The molecule has 0 spiro atoms. The SMILES string of the molecule is COc1cc(/C=C/C(=O)C2(C(=O)/C=C/c3cc(C)c(O)c(OC)c3)CCCCC2)cc(C)c1O. The molecule has 180 valence electrons. The van der Waals surface area contributed by atoms with Gasteiger partial charge in [0.15, 0.2) is 34.6 Å². The van der Waals surface area contributed by atoms with Crippen LogP contribution in [0.4, 0.5) is 0 Å². The molecular weight excluding hydrogens is 432 g/mol. The van der Waals surface area contributed by atoms with Crippen molar-refractivity contribution in [2.75, 3.05) is 14.2 Å². The molecule has 6 heteroatoms. The highest BCUT2D eigenvalue weighted by molar-refractivity contribution is 6.17. The molecule has 6 nitrogen and oxygen atoms in total. The lowest BCUT2D eigenvalue weighted by atomic mass is 9.68. The lowest BCUT2D eigenvalue weighted by Gasteiger charge is -2.32. The van der Waals surface area contributed by atoms with E-state index in [0.717, 1.165) is 19.3 Å². The highest BCUT2D eigenvalue weighted by Gasteiger charge is 2.43. The van der Waals surface area contributed by atoms with Crippen molar-refractivity contribution in [3.8, 4) is 23.0 Å². The van der Waals surface area contributed by atoms with Crippen molar-refractivity contribution in [3.05, 3.63) is 58.7 Å². The van der Waals surface area contributed by atoms with Crippen LogP contribution in [0.5, 0.6) is 23.0 Å². The maximum Gasteiger partial charge on any atom is 0.169 e. The topological polar surface area (TPSA) is 93.1 Å². The minimum atomic E-state index is -1.09. The number of carbonyl (C=O) groups excluding carboxylic acids is 2. The Hall–Kier alpha value is -3.54. The summed E-state index contributed by atoms with van der Waals surface area (Å²) >= 11 is 0. The van der Waals surface area contributed by atoms with E-state index in [-0.39, 0.29) is 23.1 Å². The van der Waals surface area contributed by atoms with E-state index >= 15 is 0 Å². The first-order chi connectivity index (χ1) is 16.2. The van der Waals surface area contributed by atoms with Crippen LogP contribution >= 0.6 is 0 Å². The second-order valence-electron chi connectivity index (χ2n) is 8.82. The van der Waals surface area contributed by atoms with E-state index in [0.29, 0.717) is 46.6 Å². The quantitative estimate of drug-likeness (QED) is 0.393. The summed E-state index contributed by atoms with van der Waals surface area (Å²) in [5.74, 6) is 0.362. The summed E-state index contributed by atoms with van der Waals surface area (Å²) in [5.41, 5.74) is 1.61. The highest BCUT2D eigenvalue weighted by Crippen LogP contribution is 2.40. The fourth-order valence-corrected chi connectivity index (χ4v) is 4.48. The number of phenols is 2. The lowest BCUT2D eigenvalue weighted by molar-refractivity contribution is -0.137. The van der Waals surface area contributed by atoms with E-state index < -0.39 is 5.41 Å². The van der Waals surface area contributed by atoms with Gasteiger partial charge in [-0.15, -0.1) is 0 Å². The molecule has 0 atom stereocenters. The number of hydrogen-bond acceptors (Lipinski definition) is 6. The van der Waals surface area contributed by atoms with Gasteiger partial charge in [-0.25, -0.2) is 0 Å². The number of hydrogen-bond donors (Lipinski definition) is 2. The van der Waals surface area contributed by atoms with Gasteiger partial charge in [0.25, 0.3) is 0 Å². The Morgan fingerprint density at radius 2 is 1.18 bits per heavy atom. The van der Waals surface area contributed by atoms with Gasteiger partial charge in [-0.05, 0) is 85.4 Å². The number of ether oxygens (including phenoxy) is 2. The molecule has 0 aliphatic heterocycles. The average Bonchev–Trinajstić information content (AvgIpc) is 2.85. The minimum Gasteiger partial charge on any atom is -0.504 e. The van der Waals surface area contributed by atoms with Crippen molar-refractivity contribution in [3.63, 3.8) is 0 Å². The minimum absolute atomic E-state index is 0.0659. The third-order valence-corrected chi connectivity index (χ3v) is 6.52. The van der Waals surface area contributed by atoms with Crippen molar-refractivity contribution < 1.29 is 29.3 Å². The van der Waals surface area contributed by atoms with Gasteiger partial charge in [-0.1, -0.05) is 31.4 Å². The zero-order valence-corrected chi connectivity index (χ0v) is 20.2. The molecule has 2 aromatic rings. The first-order valence-corrected chi connectivity index (χ1v) is 11.4. The van der Waals surface area contributed by atoms with Gasteiger partial charge in [0.05, 0.1) is 19.6 Å². The lowest BCUT2D eigenvalue weighted by Crippen LogP contribution is -2.39. The van der Waals surface area contributed by atoms with Crippen LogP contribution in [-0.4, -0.2) is 36.0 Å². The molecular formula is C28H32O6. The fourth-order valence-electron chi connectivity index (χ4n) is 4.48. The van der Waals surface area contributed by atoms with E-state index in [1.165, 1.54) is 26.4 Å².